The van der Waals surface area contributed by atoms with Crippen LogP contribution in [0.3, 0.4) is 0 Å². The highest BCUT2D eigenvalue weighted by molar-refractivity contribution is 9.10. The van der Waals surface area contributed by atoms with E-state index in [0.717, 1.165) is 61.3 Å². The van der Waals surface area contributed by atoms with Gasteiger partial charge in [-0.3, -0.25) is 0 Å². The van der Waals surface area contributed by atoms with Crippen molar-refractivity contribution in [2.45, 2.75) is 19.9 Å². The smallest absolute Gasteiger partial charge is 0.179 e. The summed E-state index contributed by atoms with van der Waals surface area (Å²) in [4.78, 5) is 12.6. The van der Waals surface area contributed by atoms with Gasteiger partial charge < -0.3 is 10.2 Å². The Morgan fingerprint density at radius 2 is 1.50 bits per heavy atom. The lowest BCUT2D eigenvalue weighted by Gasteiger charge is -2.40. The first kappa shape index (κ1) is 24.8. The molecule has 7 rings (SSSR count). The minimum absolute atomic E-state index is 0.198. The first-order valence-electron chi connectivity index (χ1n) is 13.0. The second-order valence-electron chi connectivity index (χ2n) is 9.86. The van der Waals surface area contributed by atoms with E-state index in [0.29, 0.717) is 10.9 Å². The normalized spacial score (nSPS) is 15.5. The van der Waals surface area contributed by atoms with E-state index in [2.05, 4.69) is 70.3 Å². The van der Waals surface area contributed by atoms with Crippen molar-refractivity contribution >= 4 is 62.1 Å². The number of benzene rings is 4. The number of rotatable bonds is 3. The number of nitrogens with zero attached hydrogens (tertiary/aromatic N) is 5. The zero-order chi connectivity index (χ0) is 27.4. The van der Waals surface area contributed by atoms with E-state index in [9.17, 15) is 0 Å². The molecule has 8 heteroatoms. The van der Waals surface area contributed by atoms with Crippen LogP contribution in [0.15, 0.2) is 112 Å². The lowest BCUT2D eigenvalue weighted by molar-refractivity contribution is 0.815. The Kier molecular flexibility index (Phi) is 6.06. The third-order valence-corrected chi connectivity index (χ3v) is 8.06. The summed E-state index contributed by atoms with van der Waals surface area (Å²) in [6, 6.07) is 32.3. The van der Waals surface area contributed by atoms with Crippen LogP contribution < -0.4 is 10.2 Å². The molecule has 0 spiro atoms. The molecule has 0 unspecified atom stereocenters. The molecule has 1 aromatic heterocycles. The molecule has 0 amide bonds. The molecule has 2 aliphatic heterocycles. The van der Waals surface area contributed by atoms with Gasteiger partial charge in [0.05, 0.1) is 28.8 Å². The number of nitrogens with one attached hydrogen (secondary N) is 1. The molecule has 0 saturated heterocycles. The molecule has 1 atom stereocenters. The molecule has 5 aromatic rings. The SMILES string of the molecule is Cc1ccccc1-n1nc(C)c2c1N=C1C(Nc3ccc(Br)cc3)=Nc3ccccc3N1[C@H]2c1ccc(Cl)cc1. The standard InChI is InChI=1S/C32H24BrClN6/c1-19-7-3-5-9-26(19)40-31-28(20(2)38-40)29(21-11-15-23(34)16-12-21)39-27-10-6-4-8-25(27)36-30(32(39)37-31)35-24-17-13-22(33)14-18-24/h3-18,29H,1-2H3,(H,35,36)/t29-/m0/s1. The van der Waals surface area contributed by atoms with Crippen molar-refractivity contribution in [3.8, 4) is 5.69 Å². The molecule has 0 saturated carbocycles. The third-order valence-electron chi connectivity index (χ3n) is 7.27. The van der Waals surface area contributed by atoms with Gasteiger partial charge in [0.15, 0.2) is 17.5 Å². The summed E-state index contributed by atoms with van der Waals surface area (Å²) in [6.45, 7) is 4.15. The first-order chi connectivity index (χ1) is 19.5. The highest BCUT2D eigenvalue weighted by atomic mass is 79.9. The van der Waals surface area contributed by atoms with E-state index in [1.165, 1.54) is 0 Å². The van der Waals surface area contributed by atoms with Crippen LogP contribution in [0.25, 0.3) is 5.69 Å². The molecule has 196 valence electrons. The molecule has 4 aromatic carbocycles. The number of hydrogen-bond acceptors (Lipinski definition) is 5. The second kappa shape index (κ2) is 9.77. The number of aliphatic imine (C=N–C) groups is 2. The molecule has 0 aliphatic carbocycles. The molecule has 3 heterocycles. The van der Waals surface area contributed by atoms with Crippen molar-refractivity contribution < 1.29 is 0 Å². The number of hydrogen-bond donors (Lipinski definition) is 1. The highest BCUT2D eigenvalue weighted by Gasteiger charge is 2.41. The van der Waals surface area contributed by atoms with Gasteiger partial charge in [-0.2, -0.15) is 5.10 Å². The summed E-state index contributed by atoms with van der Waals surface area (Å²) in [6.07, 6.45) is 0. The van der Waals surface area contributed by atoms with E-state index in [1.54, 1.807) is 0 Å². The monoisotopic (exact) mass is 606 g/mol. The molecule has 2 aliphatic rings. The molecule has 40 heavy (non-hydrogen) atoms. The van der Waals surface area contributed by atoms with Gasteiger partial charge >= 0.3 is 0 Å². The molecular formula is C32H24BrClN6. The van der Waals surface area contributed by atoms with Gasteiger partial charge in [0.25, 0.3) is 0 Å². The average molecular weight is 608 g/mol. The summed E-state index contributed by atoms with van der Waals surface area (Å²) in [5, 5.41) is 9.28. The van der Waals surface area contributed by atoms with E-state index >= 15 is 0 Å². The van der Waals surface area contributed by atoms with Crippen LogP contribution in [-0.2, 0) is 0 Å². The van der Waals surface area contributed by atoms with Crippen molar-refractivity contribution in [3.63, 3.8) is 0 Å². The van der Waals surface area contributed by atoms with E-state index in [1.807, 2.05) is 71.4 Å². The van der Waals surface area contributed by atoms with Gasteiger partial charge in [-0.25, -0.2) is 14.7 Å². The predicted molar refractivity (Wildman–Crippen MR) is 167 cm³/mol. The van der Waals surface area contributed by atoms with Gasteiger partial charge in [0, 0.05) is 20.7 Å². The quantitative estimate of drug-likeness (QED) is 0.223. The molecule has 0 radical (unpaired) electrons. The third kappa shape index (κ3) is 4.13. The fourth-order valence-electron chi connectivity index (χ4n) is 5.40. The fourth-order valence-corrected chi connectivity index (χ4v) is 5.79. The van der Waals surface area contributed by atoms with Gasteiger partial charge in [0.2, 0.25) is 0 Å². The van der Waals surface area contributed by atoms with Crippen LogP contribution in [0, 0.1) is 13.8 Å². The number of amidine groups is 2. The van der Waals surface area contributed by atoms with Gasteiger partial charge in [-0.15, -0.1) is 0 Å². The number of aryl methyl sites for hydroxylation is 2. The molecular weight excluding hydrogens is 584 g/mol. The zero-order valence-electron chi connectivity index (χ0n) is 21.8. The van der Waals surface area contributed by atoms with Crippen molar-refractivity contribution in [2.24, 2.45) is 9.98 Å². The van der Waals surface area contributed by atoms with Crippen LogP contribution in [0.2, 0.25) is 5.02 Å². The summed E-state index contributed by atoms with van der Waals surface area (Å²) >= 11 is 9.87. The van der Waals surface area contributed by atoms with E-state index in [-0.39, 0.29) is 6.04 Å². The maximum Gasteiger partial charge on any atom is 0.179 e. The molecule has 1 N–H and O–H groups in total. The van der Waals surface area contributed by atoms with E-state index < -0.39 is 0 Å². The Labute approximate surface area is 245 Å². The van der Waals surface area contributed by atoms with Gasteiger partial charge in [-0.05, 0) is 79.6 Å². The maximum absolute atomic E-state index is 6.34. The highest BCUT2D eigenvalue weighted by Crippen LogP contribution is 2.48. The Hall–Kier alpha value is -4.20. The topological polar surface area (TPSA) is 57.8 Å². The van der Waals surface area contributed by atoms with Crippen LogP contribution in [0.5, 0.6) is 0 Å². The fraction of sp³-hybridized carbons (Fsp3) is 0.0938. The Morgan fingerprint density at radius 3 is 2.25 bits per heavy atom. The van der Waals surface area contributed by atoms with Crippen LogP contribution in [0.1, 0.15) is 28.4 Å². The number of halogens is 2. The molecule has 6 nitrogen and oxygen atoms in total. The Bertz CT molecular complexity index is 1820. The van der Waals surface area contributed by atoms with Crippen molar-refractivity contribution in [1.82, 2.24) is 9.78 Å². The number of aromatic nitrogens is 2. The maximum atomic E-state index is 6.34. The molecule has 0 bridgehead atoms. The van der Waals surface area contributed by atoms with E-state index in [4.69, 9.17) is 26.7 Å². The molecule has 0 fully saturated rings. The Morgan fingerprint density at radius 1 is 0.800 bits per heavy atom. The largest absolute Gasteiger partial charge is 0.337 e. The van der Waals surface area contributed by atoms with Crippen LogP contribution in [-0.4, -0.2) is 21.5 Å². The summed E-state index contributed by atoms with van der Waals surface area (Å²) in [5.41, 5.74) is 7.94. The first-order valence-corrected chi connectivity index (χ1v) is 14.1. The minimum Gasteiger partial charge on any atom is -0.337 e. The van der Waals surface area contributed by atoms with Crippen molar-refractivity contribution in [1.29, 1.82) is 0 Å². The lowest BCUT2D eigenvalue weighted by atomic mass is 9.93. The van der Waals surface area contributed by atoms with Gasteiger partial charge in [0.1, 0.15) is 0 Å². The van der Waals surface area contributed by atoms with Crippen LogP contribution >= 0.6 is 27.5 Å². The lowest BCUT2D eigenvalue weighted by Crippen LogP contribution is -2.46. The Balaban J connectivity index is 1.50. The summed E-state index contributed by atoms with van der Waals surface area (Å²) in [5.74, 6) is 2.19. The number of anilines is 2. The van der Waals surface area contributed by atoms with Crippen molar-refractivity contribution in [3.05, 3.63) is 129 Å². The zero-order valence-corrected chi connectivity index (χ0v) is 24.1. The van der Waals surface area contributed by atoms with Crippen LogP contribution in [0.4, 0.5) is 22.9 Å². The van der Waals surface area contributed by atoms with Gasteiger partial charge in [-0.1, -0.05) is 70.0 Å². The van der Waals surface area contributed by atoms with Crippen molar-refractivity contribution in [2.75, 3.05) is 10.2 Å². The minimum atomic E-state index is -0.198. The average Bonchev–Trinajstić information content (AvgIpc) is 3.29. The second-order valence-corrected chi connectivity index (χ2v) is 11.2. The number of fused-ring (bicyclic) bond motifs is 4. The summed E-state index contributed by atoms with van der Waals surface area (Å²) < 4.78 is 2.97. The predicted octanol–water partition coefficient (Wildman–Crippen LogP) is 8.70. The number of para-hydroxylation sites is 3. The summed E-state index contributed by atoms with van der Waals surface area (Å²) in [7, 11) is 0.